The van der Waals surface area contributed by atoms with Crippen molar-refractivity contribution in [3.05, 3.63) is 57.6 Å². The molecular formula is C19H21N3O7. The van der Waals surface area contributed by atoms with Gasteiger partial charge < -0.3 is 24.8 Å². The molecule has 0 unspecified atom stereocenters. The Bertz CT molecular complexity index is 915. The molecule has 29 heavy (non-hydrogen) atoms. The van der Waals surface area contributed by atoms with Crippen molar-refractivity contribution in [2.24, 2.45) is 0 Å². The van der Waals surface area contributed by atoms with Crippen LogP contribution < -0.4 is 24.8 Å². The van der Waals surface area contributed by atoms with Gasteiger partial charge in [0.2, 0.25) is 5.91 Å². The minimum atomic E-state index is -0.647. The number of hydrogen-bond acceptors (Lipinski definition) is 7. The van der Waals surface area contributed by atoms with Crippen molar-refractivity contribution in [2.75, 3.05) is 27.9 Å². The van der Waals surface area contributed by atoms with E-state index in [0.29, 0.717) is 11.5 Å². The van der Waals surface area contributed by atoms with Crippen LogP contribution in [-0.2, 0) is 11.3 Å². The van der Waals surface area contributed by atoms with E-state index in [1.807, 2.05) is 0 Å². The molecule has 2 rings (SSSR count). The Morgan fingerprint density at radius 1 is 0.931 bits per heavy atom. The topological polar surface area (TPSA) is 129 Å². The zero-order valence-electron chi connectivity index (χ0n) is 16.2. The first-order chi connectivity index (χ1) is 13.9. The van der Waals surface area contributed by atoms with E-state index in [4.69, 9.17) is 14.2 Å². The lowest BCUT2D eigenvalue weighted by atomic mass is 10.1. The summed E-state index contributed by atoms with van der Waals surface area (Å²) in [5.41, 5.74) is 0.497. The van der Waals surface area contributed by atoms with Crippen LogP contribution in [0, 0.1) is 10.1 Å². The summed E-state index contributed by atoms with van der Waals surface area (Å²) in [6.07, 6.45) is 0. The van der Waals surface area contributed by atoms with Gasteiger partial charge in [-0.15, -0.1) is 0 Å². The second kappa shape index (κ2) is 9.93. The van der Waals surface area contributed by atoms with E-state index in [1.54, 1.807) is 18.2 Å². The number of methoxy groups -OCH3 is 3. The SMILES string of the molecule is COc1ccc(CNC(=O)CNC(=O)c2ccc(OC)c([N+](=O)[O-])c2)cc1OC. The minimum absolute atomic E-state index is 0.0409. The Labute approximate surface area is 166 Å². The molecule has 154 valence electrons. The summed E-state index contributed by atoms with van der Waals surface area (Å²) in [7, 11) is 4.34. The highest BCUT2D eigenvalue weighted by Gasteiger charge is 2.18. The molecule has 10 heteroatoms. The Morgan fingerprint density at radius 3 is 2.21 bits per heavy atom. The van der Waals surface area contributed by atoms with Crippen molar-refractivity contribution in [3.8, 4) is 17.2 Å². The van der Waals surface area contributed by atoms with Crippen LogP contribution in [0.15, 0.2) is 36.4 Å². The highest BCUT2D eigenvalue weighted by molar-refractivity contribution is 5.97. The van der Waals surface area contributed by atoms with E-state index >= 15 is 0 Å². The fourth-order valence-corrected chi connectivity index (χ4v) is 2.49. The molecule has 0 aliphatic carbocycles. The molecular weight excluding hydrogens is 382 g/mol. The number of rotatable bonds is 9. The third-order valence-corrected chi connectivity index (χ3v) is 3.98. The van der Waals surface area contributed by atoms with Gasteiger partial charge in [-0.1, -0.05) is 6.07 Å². The Kier molecular flexibility index (Phi) is 7.35. The van der Waals surface area contributed by atoms with Crippen molar-refractivity contribution >= 4 is 17.5 Å². The molecule has 0 atom stereocenters. The largest absolute Gasteiger partial charge is 0.493 e. The predicted octanol–water partition coefficient (Wildman–Crippen LogP) is 1.67. The van der Waals surface area contributed by atoms with E-state index in [1.165, 1.54) is 33.5 Å². The average Bonchev–Trinajstić information content (AvgIpc) is 2.74. The predicted molar refractivity (Wildman–Crippen MR) is 103 cm³/mol. The number of nitro groups is 1. The molecule has 0 saturated carbocycles. The maximum Gasteiger partial charge on any atom is 0.311 e. The highest BCUT2D eigenvalue weighted by Crippen LogP contribution is 2.28. The molecule has 0 spiro atoms. The van der Waals surface area contributed by atoms with Crippen molar-refractivity contribution in [1.82, 2.24) is 10.6 Å². The van der Waals surface area contributed by atoms with Crippen molar-refractivity contribution in [1.29, 1.82) is 0 Å². The van der Waals surface area contributed by atoms with Crippen LogP contribution in [0.25, 0.3) is 0 Å². The minimum Gasteiger partial charge on any atom is -0.493 e. The molecule has 0 heterocycles. The van der Waals surface area contributed by atoms with Gasteiger partial charge in [0.05, 0.1) is 32.8 Å². The molecule has 0 bridgehead atoms. The molecule has 0 aliphatic heterocycles. The van der Waals surface area contributed by atoms with Crippen LogP contribution in [0.5, 0.6) is 17.2 Å². The van der Waals surface area contributed by atoms with Gasteiger partial charge in [-0.05, 0) is 29.8 Å². The van der Waals surface area contributed by atoms with E-state index in [0.717, 1.165) is 11.6 Å². The van der Waals surface area contributed by atoms with Gasteiger partial charge in [-0.25, -0.2) is 0 Å². The maximum absolute atomic E-state index is 12.2. The lowest BCUT2D eigenvalue weighted by molar-refractivity contribution is -0.385. The molecule has 0 aliphatic rings. The molecule has 2 N–H and O–H groups in total. The lowest BCUT2D eigenvalue weighted by Gasteiger charge is -2.11. The lowest BCUT2D eigenvalue weighted by Crippen LogP contribution is -2.36. The smallest absolute Gasteiger partial charge is 0.311 e. The summed E-state index contributed by atoms with van der Waals surface area (Å²) in [5.74, 6) is 0.115. The number of benzene rings is 2. The molecule has 0 fully saturated rings. The molecule has 0 radical (unpaired) electrons. The molecule has 0 aromatic heterocycles. The first-order valence-electron chi connectivity index (χ1n) is 8.47. The van der Waals surface area contributed by atoms with Gasteiger partial charge in [0.1, 0.15) is 0 Å². The van der Waals surface area contributed by atoms with E-state index in [9.17, 15) is 19.7 Å². The highest BCUT2D eigenvalue weighted by atomic mass is 16.6. The first-order valence-corrected chi connectivity index (χ1v) is 8.47. The van der Waals surface area contributed by atoms with Gasteiger partial charge in [-0.3, -0.25) is 19.7 Å². The molecule has 2 amide bonds. The maximum atomic E-state index is 12.2. The van der Waals surface area contributed by atoms with E-state index in [-0.39, 0.29) is 30.1 Å². The van der Waals surface area contributed by atoms with E-state index < -0.39 is 16.7 Å². The Balaban J connectivity index is 1.91. The summed E-state index contributed by atoms with van der Waals surface area (Å²) >= 11 is 0. The molecule has 10 nitrogen and oxygen atoms in total. The number of nitro benzene ring substituents is 1. The number of carbonyl (C=O) groups excluding carboxylic acids is 2. The van der Waals surface area contributed by atoms with Gasteiger partial charge >= 0.3 is 5.69 Å². The van der Waals surface area contributed by atoms with Crippen LogP contribution in [0.2, 0.25) is 0 Å². The second-order valence-electron chi connectivity index (χ2n) is 5.79. The van der Waals surface area contributed by atoms with Crippen LogP contribution in [0.1, 0.15) is 15.9 Å². The van der Waals surface area contributed by atoms with Gasteiger partial charge in [0.15, 0.2) is 17.2 Å². The number of carbonyl (C=O) groups is 2. The van der Waals surface area contributed by atoms with E-state index in [2.05, 4.69) is 10.6 Å². The zero-order valence-corrected chi connectivity index (χ0v) is 16.2. The summed E-state index contributed by atoms with van der Waals surface area (Å²) in [6.45, 7) is -0.0605. The molecule has 2 aromatic rings. The van der Waals surface area contributed by atoms with Crippen LogP contribution in [0.3, 0.4) is 0 Å². The number of ether oxygens (including phenoxy) is 3. The normalized spacial score (nSPS) is 10.0. The summed E-state index contributed by atoms with van der Waals surface area (Å²) in [6, 6.07) is 9.02. The number of hydrogen-bond donors (Lipinski definition) is 2. The van der Waals surface area contributed by atoms with Gasteiger partial charge in [-0.2, -0.15) is 0 Å². The van der Waals surface area contributed by atoms with Crippen LogP contribution in [0.4, 0.5) is 5.69 Å². The number of nitrogens with one attached hydrogen (secondary N) is 2. The standard InChI is InChI=1S/C19H21N3O7/c1-27-15-7-5-13(9-14(15)22(25)26)19(24)21-11-18(23)20-10-12-4-6-16(28-2)17(8-12)29-3/h4-9H,10-11H2,1-3H3,(H,20,23)(H,21,24). The van der Waals surface area contributed by atoms with Crippen LogP contribution in [-0.4, -0.2) is 44.6 Å². The van der Waals surface area contributed by atoms with Gasteiger partial charge in [0, 0.05) is 18.2 Å². The number of amides is 2. The third kappa shape index (κ3) is 5.58. The fourth-order valence-electron chi connectivity index (χ4n) is 2.49. The first kappa shape index (κ1) is 21.5. The molecule has 2 aromatic carbocycles. The van der Waals surface area contributed by atoms with Crippen molar-refractivity contribution in [3.63, 3.8) is 0 Å². The Morgan fingerprint density at radius 2 is 1.59 bits per heavy atom. The summed E-state index contributed by atoms with van der Waals surface area (Å²) < 4.78 is 15.2. The van der Waals surface area contributed by atoms with Gasteiger partial charge in [0.25, 0.3) is 5.91 Å². The quantitative estimate of drug-likeness (QED) is 0.481. The second-order valence-corrected chi connectivity index (χ2v) is 5.79. The van der Waals surface area contributed by atoms with Crippen molar-refractivity contribution < 1.29 is 28.7 Å². The average molecular weight is 403 g/mol. The molecule has 0 saturated heterocycles. The third-order valence-electron chi connectivity index (χ3n) is 3.98. The summed E-state index contributed by atoms with van der Waals surface area (Å²) in [5, 5.41) is 16.1. The zero-order chi connectivity index (χ0) is 21.4. The monoisotopic (exact) mass is 403 g/mol. The summed E-state index contributed by atoms with van der Waals surface area (Å²) in [4.78, 5) is 34.6. The fraction of sp³-hybridized carbons (Fsp3) is 0.263. The van der Waals surface area contributed by atoms with Crippen molar-refractivity contribution in [2.45, 2.75) is 6.54 Å². The number of nitrogens with zero attached hydrogens (tertiary/aromatic N) is 1. The Hall–Kier alpha value is -3.82. The van der Waals surface area contributed by atoms with Crippen LogP contribution >= 0.6 is 0 Å².